The van der Waals surface area contributed by atoms with Crippen molar-refractivity contribution in [3.05, 3.63) is 47.5 Å². The Kier molecular flexibility index (Phi) is 4.12. The van der Waals surface area contributed by atoms with Gasteiger partial charge in [-0.3, -0.25) is 0 Å². The van der Waals surface area contributed by atoms with Crippen LogP contribution >= 0.6 is 0 Å². The van der Waals surface area contributed by atoms with Gasteiger partial charge in [0.15, 0.2) is 0 Å². The molecular formula is C12H10F2N4O3. The van der Waals surface area contributed by atoms with Gasteiger partial charge in [-0.25, -0.2) is 23.4 Å². The molecule has 0 saturated heterocycles. The highest BCUT2D eigenvalue weighted by Crippen LogP contribution is 2.19. The van der Waals surface area contributed by atoms with Gasteiger partial charge in [0, 0.05) is 12.3 Å². The van der Waals surface area contributed by atoms with E-state index in [0.29, 0.717) is 17.8 Å². The molecule has 0 fully saturated rings. The van der Waals surface area contributed by atoms with Crippen molar-refractivity contribution in [2.45, 2.75) is 6.54 Å². The summed E-state index contributed by atoms with van der Waals surface area (Å²) in [5.74, 6) is -3.86. The number of carbonyl (C=O) groups is 2. The number of halogens is 2. The molecule has 0 radical (unpaired) electrons. The lowest BCUT2D eigenvalue weighted by Gasteiger charge is -2.09. The van der Waals surface area contributed by atoms with Gasteiger partial charge in [-0.1, -0.05) is 0 Å². The Labute approximate surface area is 117 Å². The molecule has 1 aromatic heterocycles. The number of imidazole rings is 1. The summed E-state index contributed by atoms with van der Waals surface area (Å²) < 4.78 is 26.7. The first-order valence-corrected chi connectivity index (χ1v) is 5.72. The van der Waals surface area contributed by atoms with Crippen molar-refractivity contribution in [2.75, 3.05) is 5.32 Å². The van der Waals surface area contributed by atoms with Gasteiger partial charge in [0.1, 0.15) is 11.6 Å². The molecule has 0 bridgehead atoms. The van der Waals surface area contributed by atoms with E-state index in [0.717, 1.165) is 0 Å². The lowest BCUT2D eigenvalue weighted by atomic mass is 10.2. The second-order valence-corrected chi connectivity index (χ2v) is 4.00. The number of benzene rings is 1. The van der Waals surface area contributed by atoms with Gasteiger partial charge in [-0.05, 0) is 6.07 Å². The Morgan fingerprint density at radius 2 is 2.05 bits per heavy atom. The molecule has 0 spiro atoms. The van der Waals surface area contributed by atoms with Crippen molar-refractivity contribution in [2.24, 2.45) is 0 Å². The fourth-order valence-corrected chi connectivity index (χ4v) is 1.53. The summed E-state index contributed by atoms with van der Waals surface area (Å²) in [6.07, 6.45) is 2.91. The molecule has 0 atom stereocenters. The minimum atomic E-state index is -1.56. The zero-order chi connectivity index (χ0) is 15.4. The number of hydrogen-bond acceptors (Lipinski definition) is 3. The number of rotatable bonds is 4. The van der Waals surface area contributed by atoms with Crippen LogP contribution in [0, 0.1) is 11.6 Å². The van der Waals surface area contributed by atoms with Gasteiger partial charge in [0.05, 0.1) is 29.8 Å². The van der Waals surface area contributed by atoms with Crippen LogP contribution in [-0.4, -0.2) is 27.1 Å². The zero-order valence-electron chi connectivity index (χ0n) is 10.5. The predicted octanol–water partition coefficient (Wildman–Crippen LogP) is 1.71. The van der Waals surface area contributed by atoms with Crippen molar-refractivity contribution in [1.29, 1.82) is 0 Å². The Bertz CT molecular complexity index is 673. The number of amides is 2. The smallest absolute Gasteiger partial charge is 0.338 e. The Morgan fingerprint density at radius 1 is 1.29 bits per heavy atom. The molecule has 1 heterocycles. The average Bonchev–Trinajstić information content (AvgIpc) is 2.92. The number of carbonyl (C=O) groups excluding carboxylic acids is 1. The molecule has 4 N–H and O–H groups in total. The van der Waals surface area contributed by atoms with Gasteiger partial charge in [0.25, 0.3) is 0 Å². The van der Waals surface area contributed by atoms with E-state index in [2.05, 4.69) is 20.6 Å². The number of nitrogens with one attached hydrogen (secondary N) is 3. The van der Waals surface area contributed by atoms with E-state index in [-0.39, 0.29) is 6.54 Å². The molecule has 0 aliphatic carbocycles. The van der Waals surface area contributed by atoms with Crippen LogP contribution in [-0.2, 0) is 6.54 Å². The Balaban J connectivity index is 2.06. The Hall–Kier alpha value is -2.97. The standard InChI is InChI=1S/C12H10F2N4O3/c13-8-2-9(14)10(1-7(8)11(19)20)18-12(21)16-4-6-3-15-5-17-6/h1-3,5H,4H2,(H,15,17)(H,19,20)(H2,16,18,21). The van der Waals surface area contributed by atoms with E-state index >= 15 is 0 Å². The number of H-pyrrole nitrogens is 1. The van der Waals surface area contributed by atoms with Crippen LogP contribution in [0.1, 0.15) is 16.1 Å². The minimum absolute atomic E-state index is 0.112. The van der Waals surface area contributed by atoms with Crippen LogP contribution in [0.5, 0.6) is 0 Å². The number of aromatic carboxylic acids is 1. The molecule has 2 aromatic rings. The van der Waals surface area contributed by atoms with Crippen LogP contribution in [0.3, 0.4) is 0 Å². The first-order valence-electron chi connectivity index (χ1n) is 5.72. The average molecular weight is 296 g/mol. The number of anilines is 1. The SMILES string of the molecule is O=C(NCc1cnc[nH]1)Nc1cc(C(=O)O)c(F)cc1F. The molecule has 0 unspecified atom stereocenters. The maximum absolute atomic E-state index is 13.5. The number of nitrogens with zero attached hydrogens (tertiary/aromatic N) is 1. The van der Waals surface area contributed by atoms with E-state index in [9.17, 15) is 18.4 Å². The molecule has 0 saturated carbocycles. The number of carboxylic acids is 1. The number of aromatic amines is 1. The fraction of sp³-hybridized carbons (Fsp3) is 0.0833. The molecule has 2 rings (SSSR count). The molecule has 21 heavy (non-hydrogen) atoms. The first kappa shape index (κ1) is 14.4. The molecule has 0 aliphatic rings. The lowest BCUT2D eigenvalue weighted by Crippen LogP contribution is -2.28. The van der Waals surface area contributed by atoms with Crippen LogP contribution < -0.4 is 10.6 Å². The second kappa shape index (κ2) is 5.99. The zero-order valence-corrected chi connectivity index (χ0v) is 10.5. The number of hydrogen-bond donors (Lipinski definition) is 4. The first-order chi connectivity index (χ1) is 9.97. The number of urea groups is 1. The van der Waals surface area contributed by atoms with E-state index < -0.39 is 34.9 Å². The van der Waals surface area contributed by atoms with Crippen LogP contribution in [0.25, 0.3) is 0 Å². The van der Waals surface area contributed by atoms with E-state index in [1.807, 2.05) is 0 Å². The van der Waals surface area contributed by atoms with Crippen molar-refractivity contribution in [3.8, 4) is 0 Å². The highest BCUT2D eigenvalue weighted by atomic mass is 19.1. The Morgan fingerprint density at radius 3 is 2.67 bits per heavy atom. The maximum Gasteiger partial charge on any atom is 0.338 e. The third kappa shape index (κ3) is 3.53. The molecular weight excluding hydrogens is 286 g/mol. The number of carboxylic acid groups (broad SMARTS) is 1. The molecule has 0 aliphatic heterocycles. The molecule has 7 nitrogen and oxygen atoms in total. The summed E-state index contributed by atoms with van der Waals surface area (Å²) in [6.45, 7) is 0.112. The van der Waals surface area contributed by atoms with Gasteiger partial charge in [0.2, 0.25) is 0 Å². The summed E-state index contributed by atoms with van der Waals surface area (Å²) in [5.41, 5.74) is -0.549. The fourth-order valence-electron chi connectivity index (χ4n) is 1.53. The summed E-state index contributed by atoms with van der Waals surface area (Å²) >= 11 is 0. The van der Waals surface area contributed by atoms with Gasteiger partial charge in [-0.15, -0.1) is 0 Å². The third-order valence-electron chi connectivity index (χ3n) is 2.53. The van der Waals surface area contributed by atoms with Gasteiger partial charge < -0.3 is 20.7 Å². The van der Waals surface area contributed by atoms with Crippen LogP contribution in [0.2, 0.25) is 0 Å². The predicted molar refractivity (Wildman–Crippen MR) is 67.8 cm³/mol. The normalized spacial score (nSPS) is 10.2. The van der Waals surface area contributed by atoms with Crippen LogP contribution in [0.15, 0.2) is 24.7 Å². The van der Waals surface area contributed by atoms with Gasteiger partial charge >= 0.3 is 12.0 Å². The second-order valence-electron chi connectivity index (χ2n) is 4.00. The quantitative estimate of drug-likeness (QED) is 0.689. The van der Waals surface area contributed by atoms with Crippen molar-refractivity contribution in [1.82, 2.24) is 15.3 Å². The minimum Gasteiger partial charge on any atom is -0.478 e. The highest BCUT2D eigenvalue weighted by molar-refractivity contribution is 5.93. The molecule has 2 amide bonds. The number of aromatic nitrogens is 2. The summed E-state index contributed by atoms with van der Waals surface area (Å²) in [5, 5.41) is 13.2. The van der Waals surface area contributed by atoms with E-state index in [4.69, 9.17) is 5.11 Å². The summed E-state index contributed by atoms with van der Waals surface area (Å²) in [4.78, 5) is 28.8. The summed E-state index contributed by atoms with van der Waals surface area (Å²) in [6, 6.07) is 0.336. The van der Waals surface area contributed by atoms with E-state index in [1.54, 1.807) is 0 Å². The van der Waals surface area contributed by atoms with Crippen molar-refractivity contribution in [3.63, 3.8) is 0 Å². The van der Waals surface area contributed by atoms with E-state index in [1.165, 1.54) is 12.5 Å². The summed E-state index contributed by atoms with van der Waals surface area (Å²) in [7, 11) is 0. The monoisotopic (exact) mass is 296 g/mol. The molecule has 1 aromatic carbocycles. The third-order valence-corrected chi connectivity index (χ3v) is 2.53. The lowest BCUT2D eigenvalue weighted by molar-refractivity contribution is 0.0692. The van der Waals surface area contributed by atoms with Crippen molar-refractivity contribution >= 4 is 17.7 Å². The highest BCUT2D eigenvalue weighted by Gasteiger charge is 2.16. The van der Waals surface area contributed by atoms with Crippen molar-refractivity contribution < 1.29 is 23.5 Å². The molecule has 9 heteroatoms. The molecule has 110 valence electrons. The van der Waals surface area contributed by atoms with Gasteiger partial charge in [-0.2, -0.15) is 0 Å². The largest absolute Gasteiger partial charge is 0.478 e. The van der Waals surface area contributed by atoms with Crippen LogP contribution in [0.4, 0.5) is 19.3 Å². The topological polar surface area (TPSA) is 107 Å². The maximum atomic E-state index is 13.5.